The van der Waals surface area contributed by atoms with E-state index < -0.39 is 0 Å². The number of hydrogen-bond acceptors (Lipinski definition) is 2. The van der Waals surface area contributed by atoms with Crippen molar-refractivity contribution in [2.75, 3.05) is 0 Å². The highest BCUT2D eigenvalue weighted by atomic mass is 16.5. The zero-order valence-electron chi connectivity index (χ0n) is 19.6. The minimum absolute atomic E-state index is 0.327. The van der Waals surface area contributed by atoms with E-state index in [9.17, 15) is 0 Å². The van der Waals surface area contributed by atoms with E-state index in [1.165, 1.54) is 36.8 Å². The first-order valence-corrected chi connectivity index (χ1v) is 11.6. The van der Waals surface area contributed by atoms with Gasteiger partial charge in [0.05, 0.1) is 0 Å². The predicted octanol–water partition coefficient (Wildman–Crippen LogP) is 7.72. The average molecular weight is 386 g/mol. The highest BCUT2D eigenvalue weighted by Crippen LogP contribution is 2.32. The van der Waals surface area contributed by atoms with Gasteiger partial charge in [0.25, 0.3) is 0 Å². The molecule has 2 nitrogen and oxygen atoms in total. The molecule has 1 heterocycles. The Hall–Kier alpha value is -1.31. The Bertz CT molecular complexity index is 648. The molecule has 1 aromatic rings. The summed E-state index contributed by atoms with van der Waals surface area (Å²) in [4.78, 5) is 4.81. The second kappa shape index (κ2) is 10.5. The van der Waals surface area contributed by atoms with E-state index in [0.717, 1.165) is 29.8 Å². The van der Waals surface area contributed by atoms with Gasteiger partial charge in [0, 0.05) is 17.7 Å². The van der Waals surface area contributed by atoms with E-state index in [2.05, 4.69) is 73.6 Å². The molecule has 5 unspecified atom stereocenters. The van der Waals surface area contributed by atoms with Gasteiger partial charge in [0.1, 0.15) is 6.10 Å². The lowest BCUT2D eigenvalue weighted by molar-refractivity contribution is 0.0974. The molecule has 0 spiro atoms. The minimum atomic E-state index is 0.327. The highest BCUT2D eigenvalue weighted by Gasteiger charge is 2.24. The topological polar surface area (TPSA) is 22.1 Å². The molecular weight excluding hydrogens is 342 g/mol. The molecule has 0 saturated heterocycles. The van der Waals surface area contributed by atoms with Crippen molar-refractivity contribution in [3.8, 4) is 5.88 Å². The van der Waals surface area contributed by atoms with Gasteiger partial charge in [-0.2, -0.15) is 0 Å². The lowest BCUT2D eigenvalue weighted by Crippen LogP contribution is -2.28. The SMILES string of the molecule is CCC(C(C)C)C(C)C=C(C)C(C)c1ccc(OC2CCCCC2C)nc1C. The van der Waals surface area contributed by atoms with Gasteiger partial charge in [-0.1, -0.05) is 72.1 Å². The number of rotatable bonds is 8. The maximum atomic E-state index is 6.25. The summed E-state index contributed by atoms with van der Waals surface area (Å²) < 4.78 is 6.25. The van der Waals surface area contributed by atoms with E-state index in [0.29, 0.717) is 23.9 Å². The van der Waals surface area contributed by atoms with Gasteiger partial charge in [-0.15, -0.1) is 0 Å². The van der Waals surface area contributed by atoms with Gasteiger partial charge in [-0.05, 0) is 62.3 Å². The number of aryl methyl sites for hydroxylation is 1. The third kappa shape index (κ3) is 5.84. The molecule has 0 bridgehead atoms. The summed E-state index contributed by atoms with van der Waals surface area (Å²) in [6, 6.07) is 4.32. The first-order chi connectivity index (χ1) is 13.2. The van der Waals surface area contributed by atoms with Gasteiger partial charge in [-0.25, -0.2) is 4.98 Å². The summed E-state index contributed by atoms with van der Waals surface area (Å²) in [5.74, 6) is 3.90. The Labute approximate surface area is 174 Å². The summed E-state index contributed by atoms with van der Waals surface area (Å²) in [6.45, 7) is 18.4. The maximum Gasteiger partial charge on any atom is 0.213 e. The number of aromatic nitrogens is 1. The number of ether oxygens (including phenoxy) is 1. The van der Waals surface area contributed by atoms with Gasteiger partial charge in [0.15, 0.2) is 0 Å². The van der Waals surface area contributed by atoms with Crippen LogP contribution in [0.1, 0.15) is 97.7 Å². The van der Waals surface area contributed by atoms with Gasteiger partial charge >= 0.3 is 0 Å². The molecule has 1 aromatic heterocycles. The molecule has 0 aromatic carbocycles. The van der Waals surface area contributed by atoms with Gasteiger partial charge < -0.3 is 4.74 Å². The monoisotopic (exact) mass is 385 g/mol. The first-order valence-electron chi connectivity index (χ1n) is 11.6. The van der Waals surface area contributed by atoms with Crippen LogP contribution in [0.25, 0.3) is 0 Å². The van der Waals surface area contributed by atoms with E-state index >= 15 is 0 Å². The molecule has 0 aliphatic heterocycles. The van der Waals surface area contributed by atoms with Crippen LogP contribution in [0.2, 0.25) is 0 Å². The molecule has 1 saturated carbocycles. The smallest absolute Gasteiger partial charge is 0.213 e. The van der Waals surface area contributed by atoms with Crippen LogP contribution >= 0.6 is 0 Å². The highest BCUT2D eigenvalue weighted by molar-refractivity contribution is 5.33. The maximum absolute atomic E-state index is 6.25. The Kier molecular flexibility index (Phi) is 8.58. The van der Waals surface area contributed by atoms with Crippen LogP contribution in [0.4, 0.5) is 0 Å². The third-order valence-corrected chi connectivity index (χ3v) is 7.08. The summed E-state index contributed by atoms with van der Waals surface area (Å²) in [7, 11) is 0. The van der Waals surface area contributed by atoms with Crippen molar-refractivity contribution >= 4 is 0 Å². The van der Waals surface area contributed by atoms with Crippen LogP contribution in [0.3, 0.4) is 0 Å². The van der Waals surface area contributed by atoms with Crippen molar-refractivity contribution in [1.82, 2.24) is 4.98 Å². The number of nitrogens with zero attached hydrogens (tertiary/aromatic N) is 1. The van der Waals surface area contributed by atoms with E-state index in [4.69, 9.17) is 9.72 Å². The standard InChI is InChI=1S/C26H43NO/c1-9-23(17(2)3)20(6)16-19(5)21(7)24-14-15-26(27-22(24)8)28-25-13-11-10-12-18(25)4/h14-18,20-21,23,25H,9-13H2,1-8H3. The average Bonchev–Trinajstić information content (AvgIpc) is 2.63. The molecule has 0 amide bonds. The molecule has 2 rings (SSSR count). The van der Waals surface area contributed by atoms with Gasteiger partial charge in [0.2, 0.25) is 5.88 Å². The van der Waals surface area contributed by atoms with Crippen LogP contribution in [-0.2, 0) is 0 Å². The lowest BCUT2D eigenvalue weighted by Gasteiger charge is -2.29. The largest absolute Gasteiger partial charge is 0.474 e. The molecule has 0 N–H and O–H groups in total. The quantitative estimate of drug-likeness (QED) is 0.427. The molecule has 1 aliphatic carbocycles. The van der Waals surface area contributed by atoms with Crippen molar-refractivity contribution in [2.45, 2.75) is 99.5 Å². The number of allylic oxidation sites excluding steroid dienone is 2. The van der Waals surface area contributed by atoms with Crippen LogP contribution < -0.4 is 4.74 Å². The Morgan fingerprint density at radius 3 is 2.43 bits per heavy atom. The van der Waals surface area contributed by atoms with Crippen molar-refractivity contribution in [3.05, 3.63) is 35.0 Å². The third-order valence-electron chi connectivity index (χ3n) is 7.08. The lowest BCUT2D eigenvalue weighted by atomic mass is 9.80. The Morgan fingerprint density at radius 2 is 1.86 bits per heavy atom. The molecule has 28 heavy (non-hydrogen) atoms. The van der Waals surface area contributed by atoms with Crippen LogP contribution in [-0.4, -0.2) is 11.1 Å². The fraction of sp³-hybridized carbons (Fsp3) is 0.731. The zero-order valence-corrected chi connectivity index (χ0v) is 19.6. The fourth-order valence-corrected chi connectivity index (χ4v) is 5.06. The molecule has 1 aliphatic rings. The molecule has 5 atom stereocenters. The summed E-state index contributed by atoms with van der Waals surface area (Å²) in [5.41, 5.74) is 3.87. The number of pyridine rings is 1. The normalized spacial score (nSPS) is 24.1. The van der Waals surface area contributed by atoms with Crippen LogP contribution in [0, 0.1) is 30.6 Å². The van der Waals surface area contributed by atoms with Crippen LogP contribution in [0.15, 0.2) is 23.8 Å². The van der Waals surface area contributed by atoms with Crippen molar-refractivity contribution in [2.24, 2.45) is 23.7 Å². The van der Waals surface area contributed by atoms with Crippen LogP contribution in [0.5, 0.6) is 5.88 Å². The zero-order chi connectivity index (χ0) is 20.8. The molecule has 1 fully saturated rings. The number of hydrogen-bond donors (Lipinski definition) is 0. The molecule has 0 radical (unpaired) electrons. The second-order valence-corrected chi connectivity index (χ2v) is 9.55. The Morgan fingerprint density at radius 1 is 1.18 bits per heavy atom. The molecule has 2 heteroatoms. The van der Waals surface area contributed by atoms with Crippen molar-refractivity contribution < 1.29 is 4.74 Å². The summed E-state index contributed by atoms with van der Waals surface area (Å²) in [6.07, 6.45) is 9.11. The molecule has 158 valence electrons. The first kappa shape index (κ1) is 23.0. The van der Waals surface area contributed by atoms with E-state index in [1.54, 1.807) is 0 Å². The summed E-state index contributed by atoms with van der Waals surface area (Å²) >= 11 is 0. The van der Waals surface area contributed by atoms with Gasteiger partial charge in [-0.3, -0.25) is 0 Å². The minimum Gasteiger partial charge on any atom is -0.474 e. The van der Waals surface area contributed by atoms with E-state index in [1.807, 2.05) is 0 Å². The summed E-state index contributed by atoms with van der Waals surface area (Å²) in [5, 5.41) is 0. The second-order valence-electron chi connectivity index (χ2n) is 9.55. The molecular formula is C26H43NO. The predicted molar refractivity (Wildman–Crippen MR) is 121 cm³/mol. The Balaban J connectivity index is 2.10. The van der Waals surface area contributed by atoms with Crippen molar-refractivity contribution in [3.63, 3.8) is 0 Å². The fourth-order valence-electron chi connectivity index (χ4n) is 5.06. The van der Waals surface area contributed by atoms with E-state index in [-0.39, 0.29) is 0 Å². The van der Waals surface area contributed by atoms with Crippen molar-refractivity contribution in [1.29, 1.82) is 0 Å².